The van der Waals surface area contributed by atoms with Crippen LogP contribution in [-0.4, -0.2) is 158 Å². The van der Waals surface area contributed by atoms with E-state index >= 15 is 0 Å². The summed E-state index contributed by atoms with van der Waals surface area (Å²) in [5.41, 5.74) is -0.0962. The number of rotatable bonds is 7. The molecule has 1 aromatic rings. The summed E-state index contributed by atoms with van der Waals surface area (Å²) in [6.07, 6.45) is 0.465. The van der Waals surface area contributed by atoms with Crippen LogP contribution in [0.2, 0.25) is 0 Å². The van der Waals surface area contributed by atoms with E-state index in [2.05, 4.69) is 23.6 Å². The molecule has 46 heavy (non-hydrogen) atoms. The van der Waals surface area contributed by atoms with Crippen molar-refractivity contribution in [3.05, 3.63) is 35.6 Å². The van der Waals surface area contributed by atoms with Crippen LogP contribution in [0.3, 0.4) is 0 Å². The van der Waals surface area contributed by atoms with Crippen molar-refractivity contribution in [3.8, 4) is 0 Å². The number of aliphatic hydroxyl groups excluding tert-OH is 2. The molecule has 0 saturated carbocycles. The van der Waals surface area contributed by atoms with E-state index in [-0.39, 0.29) is 43.1 Å². The van der Waals surface area contributed by atoms with Crippen molar-refractivity contribution in [3.63, 3.8) is 0 Å². The molecule has 4 atom stereocenters. The average Bonchev–Trinajstić information content (AvgIpc) is 3.05. The lowest BCUT2D eigenvalue weighted by Crippen LogP contribution is -2.55. The van der Waals surface area contributed by atoms with Crippen molar-refractivity contribution in [2.75, 3.05) is 85.9 Å². The monoisotopic (exact) mass is 650 g/mol. The van der Waals surface area contributed by atoms with Crippen molar-refractivity contribution >= 4 is 11.8 Å². The topological polar surface area (TPSA) is 115 Å². The molecule has 1 aromatic carbocycles. The number of hydrogen-bond donors (Lipinski definition) is 2. The fourth-order valence-corrected chi connectivity index (χ4v) is 6.90. The third-order valence-electron chi connectivity index (χ3n) is 9.51. The van der Waals surface area contributed by atoms with Gasteiger partial charge in [-0.3, -0.25) is 19.4 Å². The molecule has 3 aliphatic rings. The highest BCUT2D eigenvalue weighted by molar-refractivity contribution is 5.94. The number of halogens is 1. The van der Waals surface area contributed by atoms with Gasteiger partial charge in [-0.25, -0.2) is 4.39 Å². The number of benzene rings is 1. The Morgan fingerprint density at radius 1 is 0.978 bits per heavy atom. The Hall–Kier alpha value is -2.19. The van der Waals surface area contributed by atoms with Gasteiger partial charge in [-0.1, -0.05) is 26.0 Å². The van der Waals surface area contributed by atoms with Gasteiger partial charge in [0.05, 0.1) is 31.9 Å². The van der Waals surface area contributed by atoms with Crippen LogP contribution in [-0.2, 0) is 19.0 Å². The molecule has 12 heteroatoms. The Bertz CT molecular complexity index is 1080. The molecule has 0 bridgehead atoms. The maximum Gasteiger partial charge on any atom is 0.256 e. The zero-order valence-electron chi connectivity index (χ0n) is 27.9. The van der Waals surface area contributed by atoms with Crippen LogP contribution in [0.4, 0.5) is 4.39 Å². The lowest BCUT2D eigenvalue weighted by molar-refractivity contribution is -0.136. The highest BCUT2D eigenvalue weighted by atomic mass is 19.1. The van der Waals surface area contributed by atoms with Gasteiger partial charge in [0.15, 0.2) is 0 Å². The smallest absolute Gasteiger partial charge is 0.256 e. The summed E-state index contributed by atoms with van der Waals surface area (Å²) in [6, 6.07) is 5.97. The number of carbonyl (C=O) groups excluding carboxylic acids is 2. The van der Waals surface area contributed by atoms with E-state index in [9.17, 15) is 24.2 Å². The first-order valence-electron chi connectivity index (χ1n) is 17.0. The summed E-state index contributed by atoms with van der Waals surface area (Å²) in [5.74, 6) is -0.983. The fraction of sp³-hybridized carbons (Fsp3) is 0.765. The number of hydrogen-bond acceptors (Lipinski definition) is 9. The van der Waals surface area contributed by atoms with E-state index in [0.717, 1.165) is 52.2 Å². The first-order chi connectivity index (χ1) is 22.2. The second-order valence-corrected chi connectivity index (χ2v) is 13.3. The second-order valence-electron chi connectivity index (χ2n) is 13.3. The molecule has 0 aliphatic carbocycles. The molecule has 0 radical (unpaired) electrons. The van der Waals surface area contributed by atoms with Gasteiger partial charge in [0.25, 0.3) is 5.91 Å². The summed E-state index contributed by atoms with van der Waals surface area (Å²) in [5, 5.41) is 21.6. The summed E-state index contributed by atoms with van der Waals surface area (Å²) in [4.78, 5) is 36.2. The number of methoxy groups -OCH3 is 1. The van der Waals surface area contributed by atoms with Gasteiger partial charge in [0.1, 0.15) is 24.1 Å². The van der Waals surface area contributed by atoms with Crippen LogP contribution in [0, 0.1) is 11.7 Å². The predicted octanol–water partition coefficient (Wildman–Crippen LogP) is 1.86. The number of carbonyl (C=O) groups is 2. The molecule has 0 aromatic heterocycles. The van der Waals surface area contributed by atoms with E-state index in [0.29, 0.717) is 45.0 Å². The second kappa shape index (κ2) is 18.4. The molecule has 4 rings (SSSR count). The van der Waals surface area contributed by atoms with Crippen LogP contribution in [0.25, 0.3) is 0 Å². The van der Waals surface area contributed by atoms with Gasteiger partial charge < -0.3 is 34.2 Å². The van der Waals surface area contributed by atoms with Gasteiger partial charge >= 0.3 is 0 Å². The van der Waals surface area contributed by atoms with E-state index in [1.165, 1.54) is 30.2 Å². The minimum atomic E-state index is -1.34. The zero-order chi connectivity index (χ0) is 33.1. The van der Waals surface area contributed by atoms with Gasteiger partial charge in [-0.05, 0) is 50.2 Å². The first kappa shape index (κ1) is 36.6. The van der Waals surface area contributed by atoms with E-state index in [4.69, 9.17) is 14.2 Å². The number of amides is 2. The number of morpholine rings is 1. The molecule has 3 saturated heterocycles. The number of piperidine rings is 1. The van der Waals surface area contributed by atoms with Crippen LogP contribution in [0.15, 0.2) is 24.3 Å². The maximum atomic E-state index is 14.9. The molecule has 2 N–H and O–H groups in total. The van der Waals surface area contributed by atoms with Crippen molar-refractivity contribution in [1.29, 1.82) is 0 Å². The van der Waals surface area contributed by atoms with Crippen molar-refractivity contribution in [1.82, 2.24) is 19.6 Å². The summed E-state index contributed by atoms with van der Waals surface area (Å²) in [6.45, 7) is 10.4. The number of nitrogens with zero attached hydrogens (tertiary/aromatic N) is 4. The Labute approximate surface area is 273 Å². The van der Waals surface area contributed by atoms with E-state index in [1.54, 1.807) is 6.07 Å². The SMILES string of the molecule is CO[C@@H]1CN(C(=O)c2ccccc2F)C[C@@H](CC(C)C)N(C(=O)CN2CCC(N3CCOCC3)CC2)CCCCOC[C@@H](O)[C@H]1O. The van der Waals surface area contributed by atoms with Crippen molar-refractivity contribution in [2.45, 2.75) is 76.3 Å². The zero-order valence-corrected chi connectivity index (χ0v) is 27.9. The molecule has 3 aliphatic heterocycles. The minimum absolute atomic E-state index is 0.0144. The molecule has 260 valence electrons. The lowest BCUT2D eigenvalue weighted by Gasteiger charge is -2.41. The average molecular weight is 651 g/mol. The van der Waals surface area contributed by atoms with E-state index < -0.39 is 30.0 Å². The molecule has 3 fully saturated rings. The number of likely N-dealkylation sites (tertiary alicyclic amines) is 1. The summed E-state index contributed by atoms with van der Waals surface area (Å²) in [7, 11) is 1.40. The molecular formula is C34H55FN4O7. The Morgan fingerprint density at radius 2 is 1.70 bits per heavy atom. The lowest BCUT2D eigenvalue weighted by atomic mass is 9.99. The van der Waals surface area contributed by atoms with Crippen molar-refractivity contribution < 1.29 is 38.4 Å². The van der Waals surface area contributed by atoms with Crippen molar-refractivity contribution in [2.24, 2.45) is 5.92 Å². The number of aliphatic hydroxyl groups is 2. The quantitative estimate of drug-likeness (QED) is 0.457. The molecule has 11 nitrogen and oxygen atoms in total. The summed E-state index contributed by atoms with van der Waals surface area (Å²) < 4.78 is 31.7. The minimum Gasteiger partial charge on any atom is -0.388 e. The summed E-state index contributed by atoms with van der Waals surface area (Å²) >= 11 is 0. The fourth-order valence-electron chi connectivity index (χ4n) is 6.90. The first-order valence-corrected chi connectivity index (χ1v) is 17.0. The standard InChI is InChI=1S/C34H55FN4O7/c1-25(2)20-27-21-38(34(43)28-8-4-5-9-29(28)35)22-31(44-3)33(42)30(40)24-46-17-7-6-12-39(27)32(41)23-36-13-10-26(11-14-36)37-15-18-45-19-16-37/h4-5,8-9,25-27,30-31,33,40,42H,6-7,10-24H2,1-3H3/t27-,30-,31-,33-/m1/s1. The molecule has 3 heterocycles. The Kier molecular flexibility index (Phi) is 14.6. The van der Waals surface area contributed by atoms with Crippen LogP contribution < -0.4 is 0 Å². The van der Waals surface area contributed by atoms with Crippen LogP contribution in [0.1, 0.15) is 56.3 Å². The van der Waals surface area contributed by atoms with E-state index in [1.807, 2.05) is 4.90 Å². The molecule has 0 spiro atoms. The predicted molar refractivity (Wildman–Crippen MR) is 172 cm³/mol. The molecule has 0 unspecified atom stereocenters. The molecular weight excluding hydrogens is 595 g/mol. The van der Waals surface area contributed by atoms with Crippen LogP contribution in [0.5, 0.6) is 0 Å². The number of ether oxygens (including phenoxy) is 3. The van der Waals surface area contributed by atoms with Crippen LogP contribution >= 0.6 is 0 Å². The third-order valence-corrected chi connectivity index (χ3v) is 9.51. The van der Waals surface area contributed by atoms with Gasteiger partial charge in [-0.15, -0.1) is 0 Å². The Morgan fingerprint density at radius 3 is 2.37 bits per heavy atom. The largest absolute Gasteiger partial charge is 0.388 e. The Balaban J connectivity index is 1.57. The van der Waals surface area contributed by atoms with Gasteiger partial charge in [0, 0.05) is 71.6 Å². The van der Waals surface area contributed by atoms with Gasteiger partial charge in [-0.2, -0.15) is 0 Å². The highest BCUT2D eigenvalue weighted by Gasteiger charge is 2.35. The normalized spacial score (nSPS) is 27.5. The maximum absolute atomic E-state index is 14.9. The molecule has 2 amide bonds. The van der Waals surface area contributed by atoms with Gasteiger partial charge in [0.2, 0.25) is 5.91 Å². The third kappa shape index (κ3) is 10.4. The highest BCUT2D eigenvalue weighted by Crippen LogP contribution is 2.22.